The predicted molar refractivity (Wildman–Crippen MR) is 131 cm³/mol. The van der Waals surface area contributed by atoms with Gasteiger partial charge < -0.3 is 10.1 Å². The highest BCUT2D eigenvalue weighted by atomic mass is 79.9. The van der Waals surface area contributed by atoms with Gasteiger partial charge in [-0.1, -0.05) is 70.5 Å². The first kappa shape index (κ1) is 21.4. The Balaban J connectivity index is 1.52. The number of fused-ring (bicyclic) bond motifs is 1. The van der Waals surface area contributed by atoms with Crippen LogP contribution >= 0.6 is 15.9 Å². The van der Waals surface area contributed by atoms with Gasteiger partial charge in [-0.25, -0.2) is 0 Å². The van der Waals surface area contributed by atoms with Crippen LogP contribution in [0.4, 0.5) is 5.69 Å². The molecule has 156 valence electrons. The van der Waals surface area contributed by atoms with Crippen molar-refractivity contribution in [2.24, 2.45) is 0 Å². The minimum absolute atomic E-state index is 0.00493. The fourth-order valence-electron chi connectivity index (χ4n) is 3.26. The zero-order chi connectivity index (χ0) is 22.3. The molecule has 0 aromatic heterocycles. The van der Waals surface area contributed by atoms with Gasteiger partial charge in [-0.05, 0) is 58.8 Å². The van der Waals surface area contributed by atoms with Crippen molar-refractivity contribution in [3.63, 3.8) is 0 Å². The first-order valence-corrected chi connectivity index (χ1v) is 10.8. The Morgan fingerprint density at radius 2 is 1.66 bits per heavy atom. The first-order valence-electron chi connectivity index (χ1n) is 10.0. The number of para-hydroxylation sites is 1. The number of amides is 1. The molecule has 32 heavy (non-hydrogen) atoms. The van der Waals surface area contributed by atoms with E-state index in [1.54, 1.807) is 18.2 Å². The van der Waals surface area contributed by atoms with Gasteiger partial charge in [0.05, 0.1) is 0 Å². The Morgan fingerprint density at radius 1 is 0.938 bits per heavy atom. The molecule has 0 saturated carbocycles. The van der Waals surface area contributed by atoms with Crippen LogP contribution in [-0.4, -0.2) is 5.91 Å². The average molecular weight is 483 g/mol. The van der Waals surface area contributed by atoms with E-state index in [-0.39, 0.29) is 5.57 Å². The fourth-order valence-corrected chi connectivity index (χ4v) is 3.52. The zero-order valence-corrected chi connectivity index (χ0v) is 18.7. The summed E-state index contributed by atoms with van der Waals surface area (Å²) in [5.41, 5.74) is 2.31. The lowest BCUT2D eigenvalue weighted by Gasteiger charge is -2.11. The molecule has 4 aromatic rings. The molecule has 0 radical (unpaired) electrons. The fraction of sp³-hybridized carbons (Fsp3) is 0.0370. The monoisotopic (exact) mass is 482 g/mol. The van der Waals surface area contributed by atoms with Gasteiger partial charge in [0, 0.05) is 15.7 Å². The van der Waals surface area contributed by atoms with Crippen LogP contribution in [0.25, 0.3) is 16.8 Å². The molecule has 4 nitrogen and oxygen atoms in total. The smallest absolute Gasteiger partial charge is 0.266 e. The van der Waals surface area contributed by atoms with Gasteiger partial charge in [-0.15, -0.1) is 0 Å². The Morgan fingerprint density at radius 3 is 2.44 bits per heavy atom. The number of rotatable bonds is 6. The second-order valence-corrected chi connectivity index (χ2v) is 8.05. The number of halogens is 1. The highest BCUT2D eigenvalue weighted by Crippen LogP contribution is 2.24. The summed E-state index contributed by atoms with van der Waals surface area (Å²) in [6, 6.07) is 30.9. The SMILES string of the molecule is N#C/C(=C\c1ccccc1OCc1ccc2ccccc2c1)C(=O)Nc1ccc(Br)cc1. The molecule has 5 heteroatoms. The quantitative estimate of drug-likeness (QED) is 0.244. The standard InChI is InChI=1S/C27H19BrN2O2/c28-24-11-13-25(14-12-24)30-27(31)23(17-29)16-22-7-3-4-8-26(22)32-18-19-9-10-20-5-1-2-6-21(20)15-19/h1-16H,18H2,(H,30,31)/b23-16+. The summed E-state index contributed by atoms with van der Waals surface area (Å²) in [6.07, 6.45) is 1.55. The molecule has 4 aromatic carbocycles. The number of nitriles is 1. The van der Waals surface area contributed by atoms with Crippen molar-refractivity contribution < 1.29 is 9.53 Å². The molecule has 0 spiro atoms. The van der Waals surface area contributed by atoms with Gasteiger partial charge in [0.15, 0.2) is 0 Å². The van der Waals surface area contributed by atoms with Crippen LogP contribution in [0.5, 0.6) is 5.75 Å². The number of benzene rings is 4. The van der Waals surface area contributed by atoms with Crippen molar-refractivity contribution in [1.29, 1.82) is 5.26 Å². The Bertz CT molecular complexity index is 1340. The second-order valence-electron chi connectivity index (χ2n) is 7.14. The lowest BCUT2D eigenvalue weighted by atomic mass is 10.1. The Hall–Kier alpha value is -3.88. The van der Waals surface area contributed by atoms with E-state index in [9.17, 15) is 10.1 Å². The lowest BCUT2D eigenvalue weighted by molar-refractivity contribution is -0.112. The van der Waals surface area contributed by atoms with Crippen molar-refractivity contribution in [2.75, 3.05) is 5.32 Å². The lowest BCUT2D eigenvalue weighted by Crippen LogP contribution is -2.13. The molecule has 0 bridgehead atoms. The Labute approximate surface area is 194 Å². The topological polar surface area (TPSA) is 62.1 Å². The number of ether oxygens (including phenoxy) is 1. The van der Waals surface area contributed by atoms with E-state index in [1.807, 2.05) is 60.7 Å². The summed E-state index contributed by atoms with van der Waals surface area (Å²) in [7, 11) is 0. The van der Waals surface area contributed by atoms with Crippen molar-refractivity contribution in [3.8, 4) is 11.8 Å². The van der Waals surface area contributed by atoms with Gasteiger partial charge in [0.2, 0.25) is 0 Å². The maximum Gasteiger partial charge on any atom is 0.266 e. The van der Waals surface area contributed by atoms with Gasteiger partial charge in [0.25, 0.3) is 5.91 Å². The molecule has 0 heterocycles. The van der Waals surface area contributed by atoms with Crippen LogP contribution in [0, 0.1) is 11.3 Å². The van der Waals surface area contributed by atoms with E-state index >= 15 is 0 Å². The van der Waals surface area contributed by atoms with Crippen LogP contribution in [0.3, 0.4) is 0 Å². The summed E-state index contributed by atoms with van der Waals surface area (Å²) < 4.78 is 6.94. The minimum atomic E-state index is -0.473. The van der Waals surface area contributed by atoms with E-state index < -0.39 is 5.91 Å². The summed E-state index contributed by atoms with van der Waals surface area (Å²) in [5, 5.41) is 14.6. The van der Waals surface area contributed by atoms with Gasteiger partial charge in [0.1, 0.15) is 24.0 Å². The minimum Gasteiger partial charge on any atom is -0.488 e. The van der Waals surface area contributed by atoms with Gasteiger partial charge in [-0.3, -0.25) is 4.79 Å². The first-order chi connectivity index (χ1) is 15.6. The molecule has 0 aliphatic heterocycles. The highest BCUT2D eigenvalue weighted by Gasteiger charge is 2.11. The van der Waals surface area contributed by atoms with Crippen molar-refractivity contribution in [1.82, 2.24) is 0 Å². The molecule has 0 aliphatic rings. The molecule has 0 atom stereocenters. The molecular formula is C27H19BrN2O2. The van der Waals surface area contributed by atoms with E-state index in [2.05, 4.69) is 45.5 Å². The van der Waals surface area contributed by atoms with Gasteiger partial charge in [-0.2, -0.15) is 5.26 Å². The van der Waals surface area contributed by atoms with Crippen molar-refractivity contribution >= 4 is 44.4 Å². The summed E-state index contributed by atoms with van der Waals surface area (Å²) >= 11 is 3.36. The molecule has 0 aliphatic carbocycles. The van der Waals surface area contributed by atoms with E-state index in [0.717, 1.165) is 15.4 Å². The van der Waals surface area contributed by atoms with Crippen LogP contribution in [0.2, 0.25) is 0 Å². The number of nitrogens with one attached hydrogen (secondary N) is 1. The number of nitrogens with zero attached hydrogens (tertiary/aromatic N) is 1. The second kappa shape index (κ2) is 9.95. The number of carbonyl (C=O) groups excluding carboxylic acids is 1. The molecule has 1 N–H and O–H groups in total. The average Bonchev–Trinajstić information content (AvgIpc) is 2.83. The molecule has 0 saturated heterocycles. The summed E-state index contributed by atoms with van der Waals surface area (Å²) in [5.74, 6) is 0.129. The van der Waals surface area contributed by atoms with E-state index in [0.29, 0.717) is 23.6 Å². The van der Waals surface area contributed by atoms with E-state index in [4.69, 9.17) is 4.74 Å². The molecule has 1 amide bonds. The normalized spacial score (nSPS) is 11.1. The predicted octanol–water partition coefficient (Wildman–Crippen LogP) is 6.73. The number of anilines is 1. The summed E-state index contributed by atoms with van der Waals surface area (Å²) in [4.78, 5) is 12.6. The molecule has 0 fully saturated rings. The van der Waals surface area contributed by atoms with Crippen LogP contribution in [0.1, 0.15) is 11.1 Å². The zero-order valence-electron chi connectivity index (χ0n) is 17.1. The van der Waals surface area contributed by atoms with E-state index in [1.165, 1.54) is 5.39 Å². The molecule has 0 unspecified atom stereocenters. The van der Waals surface area contributed by atoms with Gasteiger partial charge >= 0.3 is 0 Å². The maximum atomic E-state index is 12.6. The molecular weight excluding hydrogens is 464 g/mol. The third-order valence-corrected chi connectivity index (χ3v) is 5.42. The number of hydrogen-bond donors (Lipinski definition) is 1. The third kappa shape index (κ3) is 5.23. The Kier molecular flexibility index (Phi) is 6.64. The molecule has 4 rings (SSSR count). The highest BCUT2D eigenvalue weighted by molar-refractivity contribution is 9.10. The number of carbonyl (C=O) groups is 1. The summed E-state index contributed by atoms with van der Waals surface area (Å²) in [6.45, 7) is 0.378. The van der Waals surface area contributed by atoms with Crippen LogP contribution in [-0.2, 0) is 11.4 Å². The van der Waals surface area contributed by atoms with Crippen LogP contribution in [0.15, 0.2) is 101 Å². The maximum absolute atomic E-state index is 12.6. The van der Waals surface area contributed by atoms with Crippen molar-refractivity contribution in [2.45, 2.75) is 6.61 Å². The largest absolute Gasteiger partial charge is 0.488 e. The van der Waals surface area contributed by atoms with Crippen molar-refractivity contribution in [3.05, 3.63) is 112 Å². The third-order valence-electron chi connectivity index (χ3n) is 4.89. The number of hydrogen-bond acceptors (Lipinski definition) is 3. The van der Waals surface area contributed by atoms with Crippen LogP contribution < -0.4 is 10.1 Å².